The van der Waals surface area contributed by atoms with Crippen molar-refractivity contribution in [3.8, 4) is 12.1 Å². The first-order valence-electron chi connectivity index (χ1n) is 4.59. The van der Waals surface area contributed by atoms with Gasteiger partial charge in [-0.25, -0.2) is 0 Å². The fourth-order valence-electron chi connectivity index (χ4n) is 0.968. The zero-order valence-electron chi connectivity index (χ0n) is 8.87. The third-order valence-electron chi connectivity index (χ3n) is 1.77. The minimum atomic E-state index is -0.0757. The number of nitrogens with zero attached hydrogens (tertiary/aromatic N) is 2. The van der Waals surface area contributed by atoms with E-state index in [1.807, 2.05) is 0 Å². The third kappa shape index (κ3) is 4.23. The van der Waals surface area contributed by atoms with E-state index in [-0.39, 0.29) is 10.7 Å². The molecule has 0 amide bonds. The number of thiocarbonyl (C=S) groups is 1. The lowest BCUT2D eigenvalue weighted by atomic mass is 10.3. The number of hydrogen-bond donors (Lipinski definition) is 2. The maximum Gasteiger partial charge on any atom is 0.174 e. The first-order chi connectivity index (χ1) is 8.56. The fourth-order valence-corrected chi connectivity index (χ4v) is 1.44. The Balaban J connectivity index is 2.66. The molecule has 1 aromatic carbocycles. The average molecular weight is 297 g/mol. The lowest BCUT2D eigenvalue weighted by Gasteiger charge is -2.08. The standard InChI is InChI=1S/C11H6Cl2N4S/c12-9-2-1-8(3-10(9)13)17-11(18)16-6-7(4-14)5-15/h1-3,6H,(H2,16,17,18). The molecule has 0 unspecified atom stereocenters. The van der Waals surface area contributed by atoms with Gasteiger partial charge in [0.2, 0.25) is 0 Å². The molecule has 4 nitrogen and oxygen atoms in total. The van der Waals surface area contributed by atoms with Gasteiger partial charge in [0.25, 0.3) is 0 Å². The van der Waals surface area contributed by atoms with Crippen LogP contribution in [0.2, 0.25) is 10.0 Å². The van der Waals surface area contributed by atoms with E-state index in [9.17, 15) is 0 Å². The van der Waals surface area contributed by atoms with Gasteiger partial charge < -0.3 is 10.6 Å². The summed E-state index contributed by atoms with van der Waals surface area (Å²) < 4.78 is 0. The Morgan fingerprint density at radius 3 is 2.44 bits per heavy atom. The molecular weight excluding hydrogens is 291 g/mol. The highest BCUT2D eigenvalue weighted by molar-refractivity contribution is 7.80. The van der Waals surface area contributed by atoms with E-state index in [0.29, 0.717) is 15.7 Å². The van der Waals surface area contributed by atoms with Gasteiger partial charge >= 0.3 is 0 Å². The van der Waals surface area contributed by atoms with Crippen LogP contribution in [0.3, 0.4) is 0 Å². The van der Waals surface area contributed by atoms with Gasteiger partial charge in [-0.15, -0.1) is 0 Å². The van der Waals surface area contributed by atoms with Crippen LogP contribution in [-0.2, 0) is 0 Å². The van der Waals surface area contributed by atoms with Gasteiger partial charge in [-0.1, -0.05) is 23.2 Å². The van der Waals surface area contributed by atoms with Crippen molar-refractivity contribution in [3.63, 3.8) is 0 Å². The van der Waals surface area contributed by atoms with E-state index in [0.717, 1.165) is 0 Å². The van der Waals surface area contributed by atoms with Crippen LogP contribution in [0.1, 0.15) is 0 Å². The molecule has 0 aromatic heterocycles. The van der Waals surface area contributed by atoms with Gasteiger partial charge in [0, 0.05) is 11.9 Å². The predicted molar refractivity (Wildman–Crippen MR) is 75.1 cm³/mol. The van der Waals surface area contributed by atoms with E-state index in [1.165, 1.54) is 6.20 Å². The molecule has 0 aliphatic carbocycles. The van der Waals surface area contributed by atoms with Crippen molar-refractivity contribution in [2.75, 3.05) is 5.32 Å². The molecule has 1 aromatic rings. The second-order valence-corrected chi connectivity index (χ2v) is 4.23. The van der Waals surface area contributed by atoms with Crippen molar-refractivity contribution in [3.05, 3.63) is 40.0 Å². The highest BCUT2D eigenvalue weighted by Gasteiger charge is 2.01. The first kappa shape index (κ1) is 14.3. The largest absolute Gasteiger partial charge is 0.337 e. The van der Waals surface area contributed by atoms with Crippen LogP contribution >= 0.6 is 35.4 Å². The predicted octanol–water partition coefficient (Wildman–Crippen LogP) is 3.21. The van der Waals surface area contributed by atoms with Crippen LogP contribution in [0.5, 0.6) is 0 Å². The van der Waals surface area contributed by atoms with Crippen LogP contribution in [0.4, 0.5) is 5.69 Å². The van der Waals surface area contributed by atoms with Gasteiger partial charge in [-0.05, 0) is 30.4 Å². The molecule has 0 radical (unpaired) electrons. The van der Waals surface area contributed by atoms with Crippen LogP contribution in [0, 0.1) is 22.7 Å². The lowest BCUT2D eigenvalue weighted by Crippen LogP contribution is -2.23. The summed E-state index contributed by atoms with van der Waals surface area (Å²) in [5.74, 6) is 0. The Morgan fingerprint density at radius 2 is 1.89 bits per heavy atom. The quantitative estimate of drug-likeness (QED) is 0.648. The molecule has 0 aliphatic heterocycles. The second-order valence-electron chi connectivity index (χ2n) is 3.01. The topological polar surface area (TPSA) is 71.6 Å². The number of nitrogens with one attached hydrogen (secondary N) is 2. The molecule has 0 spiro atoms. The molecule has 0 atom stereocenters. The van der Waals surface area contributed by atoms with Crippen molar-refractivity contribution in [1.82, 2.24) is 5.32 Å². The highest BCUT2D eigenvalue weighted by Crippen LogP contribution is 2.24. The minimum absolute atomic E-state index is 0.0757. The smallest absolute Gasteiger partial charge is 0.174 e. The Bertz CT molecular complexity index is 568. The SMILES string of the molecule is N#CC(C#N)=CNC(=S)Nc1ccc(Cl)c(Cl)c1. The normalized spacial score (nSPS) is 8.67. The van der Waals surface area contributed by atoms with Gasteiger partial charge in [0.1, 0.15) is 17.7 Å². The van der Waals surface area contributed by atoms with Crippen LogP contribution < -0.4 is 10.6 Å². The maximum absolute atomic E-state index is 8.52. The highest BCUT2D eigenvalue weighted by atomic mass is 35.5. The van der Waals surface area contributed by atoms with E-state index < -0.39 is 0 Å². The Hall–Kier alpha value is -1.79. The molecule has 0 bridgehead atoms. The summed E-state index contributed by atoms with van der Waals surface area (Å²) in [6.07, 6.45) is 1.22. The Labute approximate surface area is 119 Å². The molecule has 0 saturated carbocycles. The monoisotopic (exact) mass is 296 g/mol. The number of benzene rings is 1. The molecule has 0 saturated heterocycles. The van der Waals surface area contributed by atoms with E-state index in [4.69, 9.17) is 45.9 Å². The summed E-state index contributed by atoms with van der Waals surface area (Å²) in [5.41, 5.74) is 0.569. The summed E-state index contributed by atoms with van der Waals surface area (Å²) in [7, 11) is 0. The Morgan fingerprint density at radius 1 is 1.22 bits per heavy atom. The van der Waals surface area contributed by atoms with Crippen molar-refractivity contribution in [2.24, 2.45) is 0 Å². The summed E-state index contributed by atoms with van der Waals surface area (Å²) in [5, 5.41) is 23.5. The maximum atomic E-state index is 8.52. The zero-order valence-corrected chi connectivity index (χ0v) is 11.2. The Kier molecular flexibility index (Phi) is 5.41. The summed E-state index contributed by atoms with van der Waals surface area (Å²) >= 11 is 16.6. The van der Waals surface area contributed by atoms with Crippen molar-refractivity contribution in [2.45, 2.75) is 0 Å². The van der Waals surface area contributed by atoms with Crippen LogP contribution in [-0.4, -0.2) is 5.11 Å². The first-order valence-corrected chi connectivity index (χ1v) is 5.76. The van der Waals surface area contributed by atoms with Crippen LogP contribution in [0.25, 0.3) is 0 Å². The number of rotatable bonds is 2. The van der Waals surface area contributed by atoms with E-state index >= 15 is 0 Å². The molecule has 7 heteroatoms. The number of nitriles is 2. The lowest BCUT2D eigenvalue weighted by molar-refractivity contribution is 1.27. The zero-order chi connectivity index (χ0) is 13.5. The van der Waals surface area contributed by atoms with Gasteiger partial charge in [-0.3, -0.25) is 0 Å². The minimum Gasteiger partial charge on any atom is -0.337 e. The van der Waals surface area contributed by atoms with Gasteiger partial charge in [0.15, 0.2) is 5.11 Å². The molecule has 1 rings (SSSR count). The van der Waals surface area contributed by atoms with Gasteiger partial charge in [-0.2, -0.15) is 10.5 Å². The van der Waals surface area contributed by atoms with Crippen molar-refractivity contribution in [1.29, 1.82) is 10.5 Å². The van der Waals surface area contributed by atoms with Crippen molar-refractivity contribution >= 4 is 46.2 Å². The number of halogens is 2. The second kappa shape index (κ2) is 6.83. The molecule has 2 N–H and O–H groups in total. The van der Waals surface area contributed by atoms with E-state index in [2.05, 4.69) is 10.6 Å². The van der Waals surface area contributed by atoms with E-state index in [1.54, 1.807) is 30.3 Å². The van der Waals surface area contributed by atoms with Gasteiger partial charge in [0.05, 0.1) is 10.0 Å². The molecule has 90 valence electrons. The molecule has 0 fully saturated rings. The van der Waals surface area contributed by atoms with Crippen LogP contribution in [0.15, 0.2) is 30.0 Å². The summed E-state index contributed by atoms with van der Waals surface area (Å²) in [4.78, 5) is 0. The number of allylic oxidation sites excluding steroid dienone is 1. The molecule has 0 aliphatic rings. The molecule has 0 heterocycles. The number of anilines is 1. The molecule has 18 heavy (non-hydrogen) atoms. The van der Waals surface area contributed by atoms with Crippen molar-refractivity contribution < 1.29 is 0 Å². The summed E-state index contributed by atoms with van der Waals surface area (Å²) in [6, 6.07) is 8.33. The number of hydrogen-bond acceptors (Lipinski definition) is 3. The molecular formula is C11H6Cl2N4S. The summed E-state index contributed by atoms with van der Waals surface area (Å²) in [6.45, 7) is 0. The average Bonchev–Trinajstić information content (AvgIpc) is 2.35. The third-order valence-corrected chi connectivity index (χ3v) is 2.72. The fraction of sp³-hybridized carbons (Fsp3) is 0.